The van der Waals surface area contributed by atoms with Crippen molar-refractivity contribution >= 4 is 25.5 Å². The molecule has 1 aliphatic heterocycles. The van der Waals surface area contributed by atoms with Crippen LogP contribution < -0.4 is 10.6 Å². The fraction of sp³-hybridized carbons (Fsp3) is 0.417. The van der Waals surface area contributed by atoms with Gasteiger partial charge in [-0.1, -0.05) is 28.5 Å². The Morgan fingerprint density at radius 1 is 1.27 bits per heavy atom. The number of rotatable bonds is 1. The third-order valence-electron chi connectivity index (χ3n) is 2.29. The van der Waals surface area contributed by atoms with E-state index in [1.165, 1.54) is 10.9 Å². The molecule has 15 heavy (non-hydrogen) atoms. The van der Waals surface area contributed by atoms with Crippen LogP contribution in [0.15, 0.2) is 18.2 Å². The molecule has 2 nitrogen and oxygen atoms in total. The molecular formula is C12H18NOP. The minimum atomic E-state index is 0.138. The Labute approximate surface area is 93.2 Å². The Morgan fingerprint density at radius 3 is 2.67 bits per heavy atom. The third-order valence-corrected chi connectivity index (χ3v) is 3.18. The number of hydrogen-bond acceptors (Lipinski definition) is 1. The molecule has 1 heterocycles. The van der Waals surface area contributed by atoms with Gasteiger partial charge < -0.3 is 5.32 Å². The SMILES string of the molecule is CC.CPc1ccc2c(c1)CCC(=O)N2. The fourth-order valence-corrected chi connectivity index (χ4v) is 2.11. The summed E-state index contributed by atoms with van der Waals surface area (Å²) in [6.07, 6.45) is 1.52. The normalized spacial score (nSPS) is 14.2. The van der Waals surface area contributed by atoms with Gasteiger partial charge in [-0.15, -0.1) is 0 Å². The lowest BCUT2D eigenvalue weighted by atomic mass is 10.0. The predicted octanol–water partition coefficient (Wildman–Crippen LogP) is 2.53. The van der Waals surface area contributed by atoms with Crippen LogP contribution in [0.2, 0.25) is 0 Å². The molecule has 2 rings (SSSR count). The smallest absolute Gasteiger partial charge is 0.224 e. The van der Waals surface area contributed by atoms with E-state index in [9.17, 15) is 4.79 Å². The van der Waals surface area contributed by atoms with Crippen LogP contribution in [0.3, 0.4) is 0 Å². The maximum atomic E-state index is 11.1. The number of carbonyl (C=O) groups is 1. The second-order valence-electron chi connectivity index (χ2n) is 3.17. The molecule has 1 N–H and O–H groups in total. The second-order valence-corrected chi connectivity index (χ2v) is 4.25. The molecule has 0 fully saturated rings. The summed E-state index contributed by atoms with van der Waals surface area (Å²) in [6, 6.07) is 6.30. The number of aryl methyl sites for hydroxylation is 1. The van der Waals surface area contributed by atoms with E-state index >= 15 is 0 Å². The summed E-state index contributed by atoms with van der Waals surface area (Å²) in [4.78, 5) is 11.1. The minimum Gasteiger partial charge on any atom is -0.326 e. The number of anilines is 1. The summed E-state index contributed by atoms with van der Waals surface area (Å²) in [7, 11) is 0.832. The first-order chi connectivity index (χ1) is 7.29. The Morgan fingerprint density at radius 2 is 2.00 bits per heavy atom. The van der Waals surface area contributed by atoms with Gasteiger partial charge in [0.1, 0.15) is 0 Å². The maximum Gasteiger partial charge on any atom is 0.224 e. The van der Waals surface area contributed by atoms with Crippen LogP contribution in [-0.4, -0.2) is 12.6 Å². The van der Waals surface area contributed by atoms with Crippen molar-refractivity contribution in [3.8, 4) is 0 Å². The molecular weight excluding hydrogens is 205 g/mol. The summed E-state index contributed by atoms with van der Waals surface area (Å²) in [5.74, 6) is 0.138. The number of nitrogens with one attached hydrogen (secondary N) is 1. The monoisotopic (exact) mass is 223 g/mol. The molecule has 0 aromatic heterocycles. The summed E-state index contributed by atoms with van der Waals surface area (Å²) in [6.45, 7) is 6.17. The van der Waals surface area contributed by atoms with E-state index in [1.54, 1.807) is 0 Å². The highest BCUT2D eigenvalue weighted by Crippen LogP contribution is 2.22. The van der Waals surface area contributed by atoms with E-state index in [0.29, 0.717) is 6.42 Å². The van der Waals surface area contributed by atoms with Crippen LogP contribution in [0.5, 0.6) is 0 Å². The number of benzene rings is 1. The van der Waals surface area contributed by atoms with Gasteiger partial charge in [0.15, 0.2) is 0 Å². The molecule has 1 unspecified atom stereocenters. The summed E-state index contributed by atoms with van der Waals surface area (Å²) >= 11 is 0. The fourth-order valence-electron chi connectivity index (χ4n) is 1.54. The van der Waals surface area contributed by atoms with Gasteiger partial charge in [-0.05, 0) is 36.1 Å². The zero-order chi connectivity index (χ0) is 11.3. The van der Waals surface area contributed by atoms with Crippen molar-refractivity contribution in [2.45, 2.75) is 26.7 Å². The van der Waals surface area contributed by atoms with Gasteiger partial charge in [-0.25, -0.2) is 0 Å². The van der Waals surface area contributed by atoms with Crippen molar-refractivity contribution < 1.29 is 4.79 Å². The highest BCUT2D eigenvalue weighted by molar-refractivity contribution is 7.46. The molecule has 1 aliphatic rings. The lowest BCUT2D eigenvalue weighted by molar-refractivity contribution is -0.116. The molecule has 0 spiro atoms. The van der Waals surface area contributed by atoms with Crippen molar-refractivity contribution in [2.24, 2.45) is 0 Å². The number of hydrogen-bond donors (Lipinski definition) is 1. The van der Waals surface area contributed by atoms with E-state index in [2.05, 4.69) is 24.1 Å². The molecule has 1 amide bonds. The van der Waals surface area contributed by atoms with Crippen LogP contribution in [-0.2, 0) is 11.2 Å². The largest absolute Gasteiger partial charge is 0.326 e. The molecule has 82 valence electrons. The number of fused-ring (bicyclic) bond motifs is 1. The first-order valence-corrected chi connectivity index (χ1v) is 6.90. The Bertz CT molecular complexity index is 349. The van der Waals surface area contributed by atoms with E-state index in [4.69, 9.17) is 0 Å². The minimum absolute atomic E-state index is 0.138. The van der Waals surface area contributed by atoms with Crippen LogP contribution >= 0.6 is 8.58 Å². The molecule has 1 aromatic rings. The van der Waals surface area contributed by atoms with Gasteiger partial charge in [0.05, 0.1) is 0 Å². The molecule has 0 bridgehead atoms. The van der Waals surface area contributed by atoms with E-state index in [0.717, 1.165) is 20.7 Å². The Hall–Kier alpha value is -0.880. The van der Waals surface area contributed by atoms with Gasteiger partial charge in [0.25, 0.3) is 0 Å². The molecule has 1 aromatic carbocycles. The van der Waals surface area contributed by atoms with E-state index < -0.39 is 0 Å². The highest BCUT2D eigenvalue weighted by atomic mass is 31.1. The van der Waals surface area contributed by atoms with Crippen LogP contribution in [0.1, 0.15) is 25.8 Å². The number of carbonyl (C=O) groups excluding carboxylic acids is 1. The van der Waals surface area contributed by atoms with Gasteiger partial charge in [-0.2, -0.15) is 0 Å². The molecule has 0 saturated carbocycles. The lowest BCUT2D eigenvalue weighted by Crippen LogP contribution is -2.19. The Kier molecular flexibility index (Phi) is 4.77. The zero-order valence-corrected chi connectivity index (χ0v) is 10.6. The van der Waals surface area contributed by atoms with Crippen LogP contribution in [0.4, 0.5) is 5.69 Å². The zero-order valence-electron chi connectivity index (χ0n) is 9.55. The van der Waals surface area contributed by atoms with Gasteiger partial charge in [0, 0.05) is 12.1 Å². The summed E-state index contributed by atoms with van der Waals surface area (Å²) < 4.78 is 0. The van der Waals surface area contributed by atoms with Gasteiger partial charge in [0.2, 0.25) is 5.91 Å². The quantitative estimate of drug-likeness (QED) is 0.728. The van der Waals surface area contributed by atoms with E-state index in [-0.39, 0.29) is 5.91 Å². The predicted molar refractivity (Wildman–Crippen MR) is 68.6 cm³/mol. The summed E-state index contributed by atoms with van der Waals surface area (Å²) in [5.41, 5.74) is 2.28. The molecule has 1 atom stereocenters. The molecule has 0 aliphatic carbocycles. The van der Waals surface area contributed by atoms with Crippen molar-refractivity contribution in [1.29, 1.82) is 0 Å². The third kappa shape index (κ3) is 3.04. The van der Waals surface area contributed by atoms with Crippen molar-refractivity contribution in [1.82, 2.24) is 0 Å². The van der Waals surface area contributed by atoms with Crippen molar-refractivity contribution in [2.75, 3.05) is 12.0 Å². The average molecular weight is 223 g/mol. The molecule has 3 heteroatoms. The molecule has 0 saturated heterocycles. The highest BCUT2D eigenvalue weighted by Gasteiger charge is 2.13. The standard InChI is InChI=1S/C10H12NOP.C2H6/c1-13-8-3-4-9-7(6-8)2-5-10(12)11-9;1-2/h3-4,6,13H,2,5H2,1H3,(H,11,12);1-2H3. The first-order valence-electron chi connectivity index (χ1n) is 5.40. The second kappa shape index (κ2) is 5.87. The van der Waals surface area contributed by atoms with Crippen molar-refractivity contribution in [3.63, 3.8) is 0 Å². The van der Waals surface area contributed by atoms with E-state index in [1.807, 2.05) is 19.9 Å². The average Bonchev–Trinajstić information content (AvgIpc) is 2.31. The molecule has 0 radical (unpaired) electrons. The van der Waals surface area contributed by atoms with Crippen molar-refractivity contribution in [3.05, 3.63) is 23.8 Å². The number of amides is 1. The van der Waals surface area contributed by atoms with Gasteiger partial charge >= 0.3 is 0 Å². The van der Waals surface area contributed by atoms with Gasteiger partial charge in [-0.3, -0.25) is 4.79 Å². The maximum absolute atomic E-state index is 11.1. The first kappa shape index (κ1) is 12.2. The Balaban J connectivity index is 0.000000531. The lowest BCUT2D eigenvalue weighted by Gasteiger charge is -2.17. The van der Waals surface area contributed by atoms with Crippen LogP contribution in [0, 0.1) is 0 Å². The topological polar surface area (TPSA) is 29.1 Å². The van der Waals surface area contributed by atoms with Crippen LogP contribution in [0.25, 0.3) is 0 Å². The summed E-state index contributed by atoms with van der Waals surface area (Å²) in [5, 5.41) is 4.25.